The van der Waals surface area contributed by atoms with Crippen LogP contribution in [0.25, 0.3) is 11.3 Å². The molecule has 1 saturated carbocycles. The van der Waals surface area contributed by atoms with Crippen molar-refractivity contribution in [3.05, 3.63) is 41.8 Å². The third kappa shape index (κ3) is 3.48. The van der Waals surface area contributed by atoms with E-state index in [9.17, 15) is 9.18 Å². The molecule has 1 N–H and O–H groups in total. The van der Waals surface area contributed by atoms with Crippen LogP contribution >= 0.6 is 0 Å². The molecule has 0 unspecified atom stereocenters. The predicted octanol–water partition coefficient (Wildman–Crippen LogP) is 3.08. The van der Waals surface area contributed by atoms with E-state index in [0.717, 1.165) is 18.4 Å². The summed E-state index contributed by atoms with van der Waals surface area (Å²) in [6, 6.07) is 8.01. The average Bonchev–Trinajstić information content (AvgIpc) is 3.11. The summed E-state index contributed by atoms with van der Waals surface area (Å²) in [5, 5.41) is 6.91. The molecule has 4 nitrogen and oxygen atoms in total. The van der Waals surface area contributed by atoms with Gasteiger partial charge in [-0.3, -0.25) is 4.79 Å². The van der Waals surface area contributed by atoms with Gasteiger partial charge in [0.25, 0.3) is 0 Å². The van der Waals surface area contributed by atoms with Crippen LogP contribution in [-0.4, -0.2) is 17.1 Å². The molecule has 1 aliphatic rings. The van der Waals surface area contributed by atoms with Gasteiger partial charge in [0.2, 0.25) is 5.91 Å². The maximum atomic E-state index is 12.9. The lowest BCUT2D eigenvalue weighted by Crippen LogP contribution is -2.33. The lowest BCUT2D eigenvalue weighted by atomic mass is 10.1. The summed E-state index contributed by atoms with van der Waals surface area (Å²) in [6.07, 6.45) is 4.70. The zero-order valence-corrected chi connectivity index (χ0v) is 11.6. The summed E-state index contributed by atoms with van der Waals surface area (Å²) < 4.78 is 18.1. The third-order valence-corrected chi connectivity index (χ3v) is 3.75. The molecule has 1 aromatic carbocycles. The van der Waals surface area contributed by atoms with Crippen molar-refractivity contribution >= 4 is 5.91 Å². The molecule has 1 aliphatic carbocycles. The first-order valence-corrected chi connectivity index (χ1v) is 7.21. The summed E-state index contributed by atoms with van der Waals surface area (Å²) in [4.78, 5) is 11.9. The van der Waals surface area contributed by atoms with Crippen molar-refractivity contribution in [1.29, 1.82) is 0 Å². The van der Waals surface area contributed by atoms with E-state index < -0.39 is 0 Å². The number of benzene rings is 1. The number of carbonyl (C=O) groups is 1. The summed E-state index contributed by atoms with van der Waals surface area (Å²) in [5.41, 5.74) is 1.33. The van der Waals surface area contributed by atoms with Crippen molar-refractivity contribution in [1.82, 2.24) is 10.5 Å². The van der Waals surface area contributed by atoms with E-state index in [1.165, 1.54) is 25.0 Å². The molecule has 0 aliphatic heterocycles. The molecule has 0 bridgehead atoms. The molecule has 5 heteroatoms. The number of hydrogen-bond donors (Lipinski definition) is 1. The van der Waals surface area contributed by atoms with Gasteiger partial charge >= 0.3 is 0 Å². The number of nitrogens with zero attached hydrogens (tertiary/aromatic N) is 1. The smallest absolute Gasteiger partial charge is 0.226 e. The minimum absolute atomic E-state index is 0.0270. The highest BCUT2D eigenvalue weighted by Gasteiger charge is 2.18. The zero-order chi connectivity index (χ0) is 14.7. The van der Waals surface area contributed by atoms with Crippen LogP contribution in [-0.2, 0) is 11.2 Å². The van der Waals surface area contributed by atoms with Crippen LogP contribution in [0, 0.1) is 5.82 Å². The van der Waals surface area contributed by atoms with Gasteiger partial charge in [-0.05, 0) is 37.1 Å². The Morgan fingerprint density at radius 3 is 2.71 bits per heavy atom. The topological polar surface area (TPSA) is 55.1 Å². The molecule has 0 atom stereocenters. The highest BCUT2D eigenvalue weighted by Crippen LogP contribution is 2.21. The number of carbonyl (C=O) groups excluding carboxylic acids is 1. The molecule has 2 aromatic rings. The van der Waals surface area contributed by atoms with Gasteiger partial charge in [-0.15, -0.1) is 0 Å². The second kappa shape index (κ2) is 6.08. The Morgan fingerprint density at radius 2 is 2.00 bits per heavy atom. The van der Waals surface area contributed by atoms with Crippen LogP contribution in [0.2, 0.25) is 0 Å². The van der Waals surface area contributed by atoms with E-state index in [0.29, 0.717) is 17.5 Å². The van der Waals surface area contributed by atoms with E-state index in [-0.39, 0.29) is 18.1 Å². The standard InChI is InChI=1S/C16H17FN2O2/c17-12-7-5-11(6-8-12)15-9-14(19-21-15)10-16(20)18-13-3-1-2-4-13/h5-9,13H,1-4,10H2,(H,18,20). The van der Waals surface area contributed by atoms with Gasteiger partial charge in [-0.2, -0.15) is 0 Å². The highest BCUT2D eigenvalue weighted by atomic mass is 19.1. The monoisotopic (exact) mass is 288 g/mol. The average molecular weight is 288 g/mol. The van der Waals surface area contributed by atoms with Crippen molar-refractivity contribution in [3.63, 3.8) is 0 Å². The Labute approximate surface area is 122 Å². The van der Waals surface area contributed by atoms with Gasteiger partial charge in [-0.25, -0.2) is 4.39 Å². The molecular weight excluding hydrogens is 271 g/mol. The molecule has 0 radical (unpaired) electrons. The number of rotatable bonds is 4. The maximum absolute atomic E-state index is 12.9. The number of halogens is 1. The molecule has 1 amide bonds. The minimum Gasteiger partial charge on any atom is -0.356 e. The van der Waals surface area contributed by atoms with Crippen molar-refractivity contribution in [3.8, 4) is 11.3 Å². The summed E-state index contributed by atoms with van der Waals surface area (Å²) in [6.45, 7) is 0. The van der Waals surface area contributed by atoms with E-state index in [1.807, 2.05) is 0 Å². The summed E-state index contributed by atoms with van der Waals surface area (Å²) in [7, 11) is 0. The Balaban J connectivity index is 1.61. The van der Waals surface area contributed by atoms with E-state index in [4.69, 9.17) is 4.52 Å². The molecule has 1 heterocycles. The van der Waals surface area contributed by atoms with Gasteiger partial charge in [0.15, 0.2) is 5.76 Å². The van der Waals surface area contributed by atoms with Crippen molar-refractivity contribution in [2.24, 2.45) is 0 Å². The van der Waals surface area contributed by atoms with Crippen molar-refractivity contribution < 1.29 is 13.7 Å². The van der Waals surface area contributed by atoms with E-state index in [2.05, 4.69) is 10.5 Å². The van der Waals surface area contributed by atoms with Gasteiger partial charge < -0.3 is 9.84 Å². The molecule has 21 heavy (non-hydrogen) atoms. The third-order valence-electron chi connectivity index (χ3n) is 3.75. The minimum atomic E-state index is -0.297. The maximum Gasteiger partial charge on any atom is 0.226 e. The van der Waals surface area contributed by atoms with Crippen LogP contribution in [0.1, 0.15) is 31.4 Å². The lowest BCUT2D eigenvalue weighted by molar-refractivity contribution is -0.121. The van der Waals surface area contributed by atoms with Gasteiger partial charge in [-0.1, -0.05) is 18.0 Å². The lowest BCUT2D eigenvalue weighted by Gasteiger charge is -2.10. The summed E-state index contributed by atoms with van der Waals surface area (Å²) in [5.74, 6) is 0.217. The van der Waals surface area contributed by atoms with E-state index in [1.54, 1.807) is 18.2 Å². The van der Waals surface area contributed by atoms with Crippen molar-refractivity contribution in [2.75, 3.05) is 0 Å². The Morgan fingerprint density at radius 1 is 1.29 bits per heavy atom. The van der Waals surface area contributed by atoms with Crippen LogP contribution < -0.4 is 5.32 Å². The van der Waals surface area contributed by atoms with Crippen LogP contribution in [0.4, 0.5) is 4.39 Å². The zero-order valence-electron chi connectivity index (χ0n) is 11.6. The van der Waals surface area contributed by atoms with E-state index >= 15 is 0 Å². The van der Waals surface area contributed by atoms with Gasteiger partial charge in [0.05, 0.1) is 12.1 Å². The molecular formula is C16H17FN2O2. The second-order valence-electron chi connectivity index (χ2n) is 5.42. The number of nitrogens with one attached hydrogen (secondary N) is 1. The number of amides is 1. The molecule has 110 valence electrons. The summed E-state index contributed by atoms with van der Waals surface area (Å²) >= 11 is 0. The molecule has 0 spiro atoms. The number of hydrogen-bond acceptors (Lipinski definition) is 3. The molecule has 0 saturated heterocycles. The normalized spacial score (nSPS) is 15.3. The fourth-order valence-corrected chi connectivity index (χ4v) is 2.66. The molecule has 1 aromatic heterocycles. The van der Waals surface area contributed by atoms with Gasteiger partial charge in [0, 0.05) is 17.7 Å². The fourth-order valence-electron chi connectivity index (χ4n) is 2.66. The number of aromatic nitrogens is 1. The first-order chi connectivity index (χ1) is 10.2. The second-order valence-corrected chi connectivity index (χ2v) is 5.42. The fraction of sp³-hybridized carbons (Fsp3) is 0.375. The molecule has 1 fully saturated rings. The van der Waals surface area contributed by atoms with Gasteiger partial charge in [0.1, 0.15) is 5.82 Å². The van der Waals surface area contributed by atoms with Crippen molar-refractivity contribution in [2.45, 2.75) is 38.1 Å². The van der Waals surface area contributed by atoms with Crippen LogP contribution in [0.15, 0.2) is 34.9 Å². The Kier molecular flexibility index (Phi) is 3.99. The Bertz CT molecular complexity index is 615. The largest absolute Gasteiger partial charge is 0.356 e. The first-order valence-electron chi connectivity index (χ1n) is 7.21. The quantitative estimate of drug-likeness (QED) is 0.940. The SMILES string of the molecule is O=C(Cc1cc(-c2ccc(F)cc2)on1)NC1CCCC1. The van der Waals surface area contributed by atoms with Crippen LogP contribution in [0.5, 0.6) is 0 Å². The first kappa shape index (κ1) is 13.8. The van der Waals surface area contributed by atoms with Crippen LogP contribution in [0.3, 0.4) is 0 Å². The molecule has 3 rings (SSSR count). The Hall–Kier alpha value is -2.17. The predicted molar refractivity (Wildman–Crippen MR) is 76.0 cm³/mol. The highest BCUT2D eigenvalue weighted by molar-refractivity contribution is 5.78.